The van der Waals surface area contributed by atoms with E-state index in [0.29, 0.717) is 25.2 Å². The number of aliphatic imine (C=N–C) groups is 1. The molecular weight excluding hydrogens is 407 g/mol. The molecule has 1 amide bonds. The molecule has 0 saturated carbocycles. The smallest absolute Gasteiger partial charge is 0.241 e. The topological polar surface area (TPSA) is 74.8 Å². The Morgan fingerprint density at radius 1 is 1.17 bits per heavy atom. The molecule has 0 bridgehead atoms. The van der Waals surface area contributed by atoms with Crippen LogP contribution < -0.4 is 16.0 Å². The Kier molecular flexibility index (Phi) is 17.5. The summed E-state index contributed by atoms with van der Waals surface area (Å²) in [4.78, 5) is 15.9. The molecule has 138 valence electrons. The lowest BCUT2D eigenvalue weighted by Gasteiger charge is -2.18. The van der Waals surface area contributed by atoms with Gasteiger partial charge < -0.3 is 20.7 Å². The summed E-state index contributed by atoms with van der Waals surface area (Å²) in [5.74, 6) is 1.34. The van der Waals surface area contributed by atoms with Crippen molar-refractivity contribution in [3.05, 3.63) is 0 Å². The van der Waals surface area contributed by atoms with Crippen LogP contribution in [0.1, 0.15) is 47.0 Å². The zero-order valence-electron chi connectivity index (χ0n) is 15.3. The fourth-order valence-corrected chi connectivity index (χ4v) is 1.96. The van der Waals surface area contributed by atoms with Crippen molar-refractivity contribution in [1.29, 1.82) is 0 Å². The van der Waals surface area contributed by atoms with Crippen molar-refractivity contribution in [1.82, 2.24) is 16.0 Å². The highest BCUT2D eigenvalue weighted by molar-refractivity contribution is 14.0. The van der Waals surface area contributed by atoms with Gasteiger partial charge in [0, 0.05) is 26.2 Å². The summed E-state index contributed by atoms with van der Waals surface area (Å²) in [6.07, 6.45) is 3.53. The normalized spacial score (nSPS) is 12.5. The van der Waals surface area contributed by atoms with Crippen LogP contribution in [0.3, 0.4) is 0 Å². The minimum atomic E-state index is -0.0956. The molecule has 0 spiro atoms. The Morgan fingerprint density at radius 2 is 1.87 bits per heavy atom. The maximum atomic E-state index is 11.6. The van der Waals surface area contributed by atoms with Crippen molar-refractivity contribution in [2.75, 3.05) is 33.4 Å². The second kappa shape index (κ2) is 16.3. The highest BCUT2D eigenvalue weighted by Crippen LogP contribution is 2.08. The number of nitrogens with one attached hydrogen (secondary N) is 3. The molecule has 3 N–H and O–H groups in total. The van der Waals surface area contributed by atoms with E-state index in [0.717, 1.165) is 18.9 Å². The van der Waals surface area contributed by atoms with Crippen LogP contribution >= 0.6 is 24.0 Å². The highest BCUT2D eigenvalue weighted by Gasteiger charge is 2.07. The fourth-order valence-electron chi connectivity index (χ4n) is 1.96. The number of amides is 1. The number of hydrogen-bond donors (Lipinski definition) is 3. The Morgan fingerprint density at radius 3 is 2.43 bits per heavy atom. The largest absolute Gasteiger partial charge is 0.383 e. The van der Waals surface area contributed by atoms with Gasteiger partial charge >= 0.3 is 0 Å². The summed E-state index contributed by atoms with van der Waals surface area (Å²) in [7, 11) is 1.61. The molecule has 23 heavy (non-hydrogen) atoms. The van der Waals surface area contributed by atoms with Crippen LogP contribution in [0.15, 0.2) is 4.99 Å². The molecule has 0 rings (SSSR count). The summed E-state index contributed by atoms with van der Waals surface area (Å²) in [6.45, 7) is 10.6. The van der Waals surface area contributed by atoms with E-state index in [4.69, 9.17) is 4.74 Å². The number of ether oxygens (including phenoxy) is 1. The molecule has 0 heterocycles. The van der Waals surface area contributed by atoms with E-state index in [1.54, 1.807) is 7.11 Å². The lowest BCUT2D eigenvalue weighted by Crippen LogP contribution is -2.43. The Hall–Kier alpha value is -0.570. The Labute approximate surface area is 158 Å². The van der Waals surface area contributed by atoms with Crippen molar-refractivity contribution in [2.45, 2.75) is 53.0 Å². The van der Waals surface area contributed by atoms with Crippen LogP contribution in [0.2, 0.25) is 0 Å². The monoisotopic (exact) mass is 442 g/mol. The van der Waals surface area contributed by atoms with Gasteiger partial charge in [-0.15, -0.1) is 24.0 Å². The van der Waals surface area contributed by atoms with Gasteiger partial charge in [-0.05, 0) is 26.2 Å². The van der Waals surface area contributed by atoms with Crippen LogP contribution in [-0.2, 0) is 9.53 Å². The van der Waals surface area contributed by atoms with Gasteiger partial charge in [-0.2, -0.15) is 0 Å². The molecule has 7 heteroatoms. The van der Waals surface area contributed by atoms with Crippen molar-refractivity contribution in [3.63, 3.8) is 0 Å². The molecule has 0 aromatic rings. The standard InChI is InChI=1S/C16H34N4O2.HI/c1-6-17-16(19-12-15(21)18-10-11-22-5)20-14(4)9-7-8-13(2)3;/h13-14H,6-12H2,1-5H3,(H,18,21)(H2,17,19,20);1H. The second-order valence-corrected chi connectivity index (χ2v) is 5.91. The fraction of sp³-hybridized carbons (Fsp3) is 0.875. The Balaban J connectivity index is 0. The summed E-state index contributed by atoms with van der Waals surface area (Å²) in [5.41, 5.74) is 0. The molecule has 6 nitrogen and oxygen atoms in total. The van der Waals surface area contributed by atoms with Gasteiger partial charge in [-0.3, -0.25) is 4.79 Å². The minimum absolute atomic E-state index is 0. The van der Waals surface area contributed by atoms with Crippen LogP contribution in [0.4, 0.5) is 0 Å². The number of carbonyl (C=O) groups is 1. The first kappa shape index (κ1) is 24.7. The third-order valence-electron chi connectivity index (χ3n) is 3.16. The molecule has 0 aliphatic carbocycles. The zero-order chi connectivity index (χ0) is 16.8. The zero-order valence-corrected chi connectivity index (χ0v) is 17.6. The molecule has 0 saturated heterocycles. The number of hydrogen-bond acceptors (Lipinski definition) is 3. The van der Waals surface area contributed by atoms with E-state index in [2.05, 4.69) is 41.7 Å². The lowest BCUT2D eigenvalue weighted by atomic mass is 10.0. The molecule has 0 aliphatic heterocycles. The first-order chi connectivity index (χ1) is 10.5. The van der Waals surface area contributed by atoms with Crippen LogP contribution in [0.5, 0.6) is 0 Å². The van der Waals surface area contributed by atoms with Gasteiger partial charge in [-0.25, -0.2) is 4.99 Å². The molecule has 0 aliphatic rings. The highest BCUT2D eigenvalue weighted by atomic mass is 127. The first-order valence-corrected chi connectivity index (χ1v) is 8.30. The van der Waals surface area contributed by atoms with E-state index >= 15 is 0 Å². The number of nitrogens with zero attached hydrogens (tertiary/aromatic N) is 1. The van der Waals surface area contributed by atoms with Crippen molar-refractivity contribution < 1.29 is 9.53 Å². The third kappa shape index (κ3) is 16.1. The van der Waals surface area contributed by atoms with Crippen LogP contribution in [0, 0.1) is 5.92 Å². The number of carbonyl (C=O) groups excluding carboxylic acids is 1. The van der Waals surface area contributed by atoms with Gasteiger partial charge in [0.2, 0.25) is 5.91 Å². The van der Waals surface area contributed by atoms with Gasteiger partial charge in [0.1, 0.15) is 6.54 Å². The minimum Gasteiger partial charge on any atom is -0.383 e. The van der Waals surface area contributed by atoms with E-state index in [9.17, 15) is 4.79 Å². The van der Waals surface area contributed by atoms with Crippen molar-refractivity contribution >= 4 is 35.8 Å². The third-order valence-corrected chi connectivity index (χ3v) is 3.16. The number of rotatable bonds is 11. The summed E-state index contributed by atoms with van der Waals surface area (Å²) >= 11 is 0. The van der Waals surface area contributed by atoms with Gasteiger partial charge in [0.25, 0.3) is 0 Å². The maximum Gasteiger partial charge on any atom is 0.241 e. The van der Waals surface area contributed by atoms with Gasteiger partial charge in [-0.1, -0.05) is 26.7 Å². The quantitative estimate of drug-likeness (QED) is 0.198. The SMILES string of the molecule is CCNC(=NCC(=O)NCCOC)NC(C)CCCC(C)C.I. The lowest BCUT2D eigenvalue weighted by molar-refractivity contribution is -0.119. The molecule has 0 radical (unpaired) electrons. The summed E-state index contributed by atoms with van der Waals surface area (Å²) < 4.78 is 4.89. The van der Waals surface area contributed by atoms with E-state index in [-0.39, 0.29) is 36.4 Å². The van der Waals surface area contributed by atoms with Gasteiger partial charge in [0.05, 0.1) is 6.61 Å². The van der Waals surface area contributed by atoms with Crippen molar-refractivity contribution in [3.8, 4) is 0 Å². The van der Waals surface area contributed by atoms with E-state index < -0.39 is 0 Å². The molecule has 0 aromatic heterocycles. The average molecular weight is 442 g/mol. The predicted octanol–water partition coefficient (Wildman–Crippen LogP) is 2.14. The number of guanidine groups is 1. The van der Waals surface area contributed by atoms with Crippen LogP contribution in [0.25, 0.3) is 0 Å². The number of halogens is 1. The second-order valence-electron chi connectivity index (χ2n) is 5.91. The Bertz CT molecular complexity index is 325. The maximum absolute atomic E-state index is 11.6. The number of methoxy groups -OCH3 is 1. The van der Waals surface area contributed by atoms with Crippen LogP contribution in [-0.4, -0.2) is 51.3 Å². The van der Waals surface area contributed by atoms with Crippen molar-refractivity contribution in [2.24, 2.45) is 10.9 Å². The molecule has 0 aromatic carbocycles. The first-order valence-electron chi connectivity index (χ1n) is 8.30. The predicted molar refractivity (Wildman–Crippen MR) is 108 cm³/mol. The molecule has 0 fully saturated rings. The molecule has 1 unspecified atom stereocenters. The molecular formula is C16H35IN4O2. The summed E-state index contributed by atoms with van der Waals surface area (Å²) in [6, 6.07) is 0.341. The summed E-state index contributed by atoms with van der Waals surface area (Å²) in [5, 5.41) is 9.27. The van der Waals surface area contributed by atoms with E-state index in [1.165, 1.54) is 12.8 Å². The molecule has 1 atom stereocenters. The average Bonchev–Trinajstić information content (AvgIpc) is 2.45. The van der Waals surface area contributed by atoms with Gasteiger partial charge in [0.15, 0.2) is 5.96 Å². The van der Waals surface area contributed by atoms with E-state index in [1.807, 2.05) is 6.92 Å².